The molecule has 0 bridgehead atoms. The van der Waals surface area contributed by atoms with E-state index in [1.165, 1.54) is 44.1 Å². The van der Waals surface area contributed by atoms with Gasteiger partial charge in [-0.3, -0.25) is 0 Å². The summed E-state index contributed by atoms with van der Waals surface area (Å²) < 4.78 is 6.14. The molecular formula is C27H48O3. The van der Waals surface area contributed by atoms with Crippen molar-refractivity contribution in [1.29, 1.82) is 0 Å². The summed E-state index contributed by atoms with van der Waals surface area (Å²) in [6.45, 7) is 9.46. The van der Waals surface area contributed by atoms with Gasteiger partial charge in [-0.15, -0.1) is 0 Å². The van der Waals surface area contributed by atoms with Crippen molar-refractivity contribution in [3.8, 4) is 17.2 Å². The summed E-state index contributed by atoms with van der Waals surface area (Å²) in [5, 5.41) is 21.8. The molecule has 0 heterocycles. The van der Waals surface area contributed by atoms with Gasteiger partial charge in [0.25, 0.3) is 0 Å². The van der Waals surface area contributed by atoms with E-state index < -0.39 is 0 Å². The summed E-state index contributed by atoms with van der Waals surface area (Å²) >= 11 is 0. The molecule has 174 valence electrons. The standard InChI is InChI=1S/C27H48O3/c1-5-9-13-17-21-30-27-24(20-16-12-8-4)22(18-14-10-6-2)23(19-15-11-7-3)25(28)26(27)29/h28-29H,5-21H2,1-4H3. The van der Waals surface area contributed by atoms with E-state index in [2.05, 4.69) is 27.7 Å². The molecule has 3 nitrogen and oxygen atoms in total. The van der Waals surface area contributed by atoms with Crippen molar-refractivity contribution in [2.45, 2.75) is 130 Å². The first-order valence-corrected chi connectivity index (χ1v) is 12.8. The minimum absolute atomic E-state index is 0.0253. The molecule has 0 amide bonds. The van der Waals surface area contributed by atoms with Gasteiger partial charge >= 0.3 is 0 Å². The van der Waals surface area contributed by atoms with Crippen molar-refractivity contribution >= 4 is 0 Å². The van der Waals surface area contributed by atoms with Gasteiger partial charge in [-0.05, 0) is 50.5 Å². The van der Waals surface area contributed by atoms with Crippen molar-refractivity contribution in [3.05, 3.63) is 16.7 Å². The van der Waals surface area contributed by atoms with Crippen molar-refractivity contribution in [1.82, 2.24) is 0 Å². The van der Waals surface area contributed by atoms with Crippen LogP contribution in [0.3, 0.4) is 0 Å². The average molecular weight is 421 g/mol. The van der Waals surface area contributed by atoms with E-state index in [9.17, 15) is 10.2 Å². The Bertz CT molecular complexity index is 580. The summed E-state index contributed by atoms with van der Waals surface area (Å²) in [7, 11) is 0. The molecule has 0 fully saturated rings. The van der Waals surface area contributed by atoms with Crippen LogP contribution in [-0.4, -0.2) is 16.8 Å². The fraction of sp³-hybridized carbons (Fsp3) is 0.778. The van der Waals surface area contributed by atoms with Crippen LogP contribution in [0.5, 0.6) is 17.2 Å². The minimum atomic E-state index is -0.0253. The Kier molecular flexibility index (Phi) is 14.5. The zero-order valence-electron chi connectivity index (χ0n) is 20.3. The van der Waals surface area contributed by atoms with Crippen LogP contribution in [0.25, 0.3) is 0 Å². The third-order valence-corrected chi connectivity index (χ3v) is 6.06. The molecule has 0 saturated carbocycles. The second kappa shape index (κ2) is 16.3. The molecule has 1 rings (SSSR count). The van der Waals surface area contributed by atoms with Crippen LogP contribution in [0, 0.1) is 0 Å². The summed E-state index contributed by atoms with van der Waals surface area (Å²) in [5.74, 6) is 0.606. The van der Waals surface area contributed by atoms with E-state index in [1.54, 1.807) is 0 Å². The van der Waals surface area contributed by atoms with Crippen LogP contribution in [0.4, 0.5) is 0 Å². The molecule has 0 aliphatic rings. The van der Waals surface area contributed by atoms with Crippen LogP contribution < -0.4 is 4.74 Å². The Morgan fingerprint density at radius 2 is 0.967 bits per heavy atom. The number of aromatic hydroxyl groups is 2. The highest BCUT2D eigenvalue weighted by Gasteiger charge is 2.24. The fourth-order valence-electron chi connectivity index (χ4n) is 4.20. The number of hydrogen-bond donors (Lipinski definition) is 2. The third kappa shape index (κ3) is 8.78. The lowest BCUT2D eigenvalue weighted by molar-refractivity contribution is 0.279. The van der Waals surface area contributed by atoms with Gasteiger partial charge in [0.05, 0.1) is 6.61 Å². The van der Waals surface area contributed by atoms with E-state index in [1.807, 2.05) is 0 Å². The van der Waals surface area contributed by atoms with Gasteiger partial charge in [0.1, 0.15) is 0 Å². The molecule has 0 radical (unpaired) electrons. The second-order valence-electron chi connectivity index (χ2n) is 8.74. The highest BCUT2D eigenvalue weighted by Crippen LogP contribution is 2.46. The number of benzene rings is 1. The number of rotatable bonds is 18. The Labute approximate surface area is 186 Å². The van der Waals surface area contributed by atoms with Crippen LogP contribution in [0.1, 0.15) is 128 Å². The fourth-order valence-corrected chi connectivity index (χ4v) is 4.20. The first-order chi connectivity index (χ1) is 14.6. The number of ether oxygens (including phenoxy) is 1. The van der Waals surface area contributed by atoms with Crippen molar-refractivity contribution in [2.75, 3.05) is 6.61 Å². The lowest BCUT2D eigenvalue weighted by atomic mass is 9.88. The number of phenolic OH excluding ortho intramolecular Hbond substituents is 2. The molecule has 1 aromatic carbocycles. The van der Waals surface area contributed by atoms with Crippen LogP contribution in [0.15, 0.2) is 0 Å². The van der Waals surface area contributed by atoms with Gasteiger partial charge in [-0.2, -0.15) is 0 Å². The van der Waals surface area contributed by atoms with E-state index in [-0.39, 0.29) is 11.5 Å². The second-order valence-corrected chi connectivity index (χ2v) is 8.74. The molecule has 0 spiro atoms. The lowest BCUT2D eigenvalue weighted by Gasteiger charge is -2.22. The maximum Gasteiger partial charge on any atom is 0.201 e. The monoisotopic (exact) mass is 420 g/mol. The largest absolute Gasteiger partial charge is 0.504 e. The van der Waals surface area contributed by atoms with Gasteiger partial charge in [0.2, 0.25) is 5.75 Å². The van der Waals surface area contributed by atoms with E-state index in [0.717, 1.165) is 75.3 Å². The Morgan fingerprint density at radius 1 is 0.500 bits per heavy atom. The van der Waals surface area contributed by atoms with Crippen LogP contribution in [-0.2, 0) is 19.3 Å². The van der Waals surface area contributed by atoms with Crippen molar-refractivity contribution < 1.29 is 14.9 Å². The zero-order chi connectivity index (χ0) is 22.2. The Hall–Kier alpha value is -1.38. The van der Waals surface area contributed by atoms with Crippen LogP contribution >= 0.6 is 0 Å². The predicted molar refractivity (Wildman–Crippen MR) is 129 cm³/mol. The highest BCUT2D eigenvalue weighted by molar-refractivity contribution is 5.62. The molecule has 3 heteroatoms. The molecule has 0 atom stereocenters. The normalized spacial score (nSPS) is 11.2. The molecule has 0 unspecified atom stereocenters. The summed E-state index contributed by atoms with van der Waals surface area (Å²) in [6.07, 6.45) is 17.6. The van der Waals surface area contributed by atoms with E-state index >= 15 is 0 Å². The van der Waals surface area contributed by atoms with E-state index in [0.29, 0.717) is 12.4 Å². The average Bonchev–Trinajstić information content (AvgIpc) is 2.74. The topological polar surface area (TPSA) is 49.7 Å². The maximum atomic E-state index is 10.9. The zero-order valence-corrected chi connectivity index (χ0v) is 20.3. The first kappa shape index (κ1) is 26.7. The molecule has 0 saturated heterocycles. The quantitative estimate of drug-likeness (QED) is 0.186. The number of hydrogen-bond acceptors (Lipinski definition) is 3. The molecule has 0 aromatic heterocycles. The minimum Gasteiger partial charge on any atom is -0.504 e. The number of unbranched alkanes of at least 4 members (excludes halogenated alkanes) is 9. The van der Waals surface area contributed by atoms with Gasteiger partial charge in [-0.25, -0.2) is 0 Å². The Morgan fingerprint density at radius 3 is 1.50 bits per heavy atom. The lowest BCUT2D eigenvalue weighted by Crippen LogP contribution is -2.08. The third-order valence-electron chi connectivity index (χ3n) is 6.06. The van der Waals surface area contributed by atoms with Gasteiger partial charge in [0, 0.05) is 11.1 Å². The van der Waals surface area contributed by atoms with Crippen LogP contribution in [0.2, 0.25) is 0 Å². The Balaban J connectivity index is 3.25. The maximum absolute atomic E-state index is 10.9. The molecule has 1 aromatic rings. The first-order valence-electron chi connectivity index (χ1n) is 12.8. The molecular weight excluding hydrogens is 372 g/mol. The molecule has 2 N–H and O–H groups in total. The van der Waals surface area contributed by atoms with Gasteiger partial charge < -0.3 is 14.9 Å². The van der Waals surface area contributed by atoms with Gasteiger partial charge in [0.15, 0.2) is 11.5 Å². The highest BCUT2D eigenvalue weighted by atomic mass is 16.5. The summed E-state index contributed by atoms with van der Waals surface area (Å²) in [6, 6.07) is 0. The summed E-state index contributed by atoms with van der Waals surface area (Å²) in [5.41, 5.74) is 3.40. The van der Waals surface area contributed by atoms with Crippen molar-refractivity contribution in [2.24, 2.45) is 0 Å². The van der Waals surface area contributed by atoms with Crippen molar-refractivity contribution in [3.63, 3.8) is 0 Å². The summed E-state index contributed by atoms with van der Waals surface area (Å²) in [4.78, 5) is 0. The van der Waals surface area contributed by atoms with E-state index in [4.69, 9.17) is 4.74 Å². The van der Waals surface area contributed by atoms with Gasteiger partial charge in [-0.1, -0.05) is 85.5 Å². The predicted octanol–water partition coefficient (Wildman–Crippen LogP) is 8.26. The molecule has 30 heavy (non-hydrogen) atoms. The molecule has 0 aliphatic carbocycles. The smallest absolute Gasteiger partial charge is 0.201 e. The SMILES string of the molecule is CCCCCCOc1c(O)c(O)c(CCCCC)c(CCCCC)c1CCCCC. The molecule has 0 aliphatic heterocycles. The number of phenols is 2.